The third-order valence-corrected chi connectivity index (χ3v) is 9.59. The van der Waals surface area contributed by atoms with Crippen LogP contribution >= 0.6 is 0 Å². The smallest absolute Gasteiger partial charge is 0.264 e. The van der Waals surface area contributed by atoms with Gasteiger partial charge in [-0.1, -0.05) is 90.0 Å². The van der Waals surface area contributed by atoms with Crippen molar-refractivity contribution >= 4 is 27.5 Å². The topological polar surface area (TPSA) is 86.8 Å². The van der Waals surface area contributed by atoms with Gasteiger partial charge in [0.1, 0.15) is 12.6 Å². The number of amides is 2. The molecule has 2 amide bonds. The molecule has 0 heterocycles. The molecule has 0 saturated heterocycles. The molecule has 0 aromatic heterocycles. The van der Waals surface area contributed by atoms with Crippen LogP contribution in [-0.2, 0) is 32.6 Å². The minimum atomic E-state index is -4.15. The molecule has 0 aliphatic heterocycles. The van der Waals surface area contributed by atoms with Gasteiger partial charge in [0, 0.05) is 19.0 Å². The number of hydrogen-bond donors (Lipinski definition) is 1. The predicted molar refractivity (Wildman–Crippen MR) is 181 cm³/mol. The molecule has 4 aromatic carbocycles. The lowest BCUT2D eigenvalue weighted by Gasteiger charge is -2.34. The first kappa shape index (κ1) is 33.5. The Morgan fingerprint density at radius 2 is 1.38 bits per heavy atom. The lowest BCUT2D eigenvalue weighted by molar-refractivity contribution is -0.140. The monoisotopic (exact) mass is 625 g/mol. The highest BCUT2D eigenvalue weighted by atomic mass is 32.2. The number of nitrogens with one attached hydrogen (secondary N) is 1. The van der Waals surface area contributed by atoms with Crippen molar-refractivity contribution in [2.45, 2.75) is 71.5 Å². The Morgan fingerprint density at radius 1 is 0.756 bits per heavy atom. The molecule has 1 atom stereocenters. The summed E-state index contributed by atoms with van der Waals surface area (Å²) in [5, 5.41) is 3.00. The van der Waals surface area contributed by atoms with Crippen molar-refractivity contribution < 1.29 is 18.0 Å². The second-order valence-electron chi connectivity index (χ2n) is 11.9. The van der Waals surface area contributed by atoms with E-state index in [4.69, 9.17) is 0 Å². The summed E-state index contributed by atoms with van der Waals surface area (Å²) in [6.45, 7) is 11.0. The van der Waals surface area contributed by atoms with Gasteiger partial charge in [-0.2, -0.15) is 0 Å². The molecular weight excluding hydrogens is 582 g/mol. The van der Waals surface area contributed by atoms with Crippen LogP contribution in [0.25, 0.3) is 0 Å². The lowest BCUT2D eigenvalue weighted by Crippen LogP contribution is -2.54. The van der Waals surface area contributed by atoms with E-state index in [1.807, 2.05) is 108 Å². The van der Waals surface area contributed by atoms with Crippen LogP contribution in [0.5, 0.6) is 0 Å². The molecule has 7 nitrogen and oxygen atoms in total. The fourth-order valence-electron chi connectivity index (χ4n) is 5.34. The number of benzene rings is 4. The molecule has 45 heavy (non-hydrogen) atoms. The third kappa shape index (κ3) is 8.39. The average molecular weight is 626 g/mol. The van der Waals surface area contributed by atoms with Gasteiger partial charge in [-0.05, 0) is 82.0 Å². The quantitative estimate of drug-likeness (QED) is 0.201. The highest BCUT2D eigenvalue weighted by Crippen LogP contribution is 2.29. The molecule has 0 unspecified atom stereocenters. The van der Waals surface area contributed by atoms with E-state index in [-0.39, 0.29) is 29.8 Å². The first-order valence-corrected chi connectivity index (χ1v) is 16.7. The van der Waals surface area contributed by atoms with Crippen molar-refractivity contribution in [2.24, 2.45) is 0 Å². The molecule has 236 valence electrons. The van der Waals surface area contributed by atoms with E-state index in [9.17, 15) is 18.0 Å². The van der Waals surface area contributed by atoms with Gasteiger partial charge in [0.05, 0.1) is 10.6 Å². The standard InChI is InChI=1S/C37H43N3O4S/c1-26(2)38-37(42)35(23-31-13-8-7-9-14-31)39(24-32-15-11-10-12-29(32)5)36(41)25-40(34-21-18-28(4)22-30(34)6)45(43,44)33-19-16-27(3)17-20-33/h7-22,26,35H,23-25H2,1-6H3,(H,38,42)/t35-/m1/s1. The summed E-state index contributed by atoms with van der Waals surface area (Å²) >= 11 is 0. The Hall–Kier alpha value is -4.43. The van der Waals surface area contributed by atoms with Gasteiger partial charge in [0.2, 0.25) is 11.8 Å². The second-order valence-corrected chi connectivity index (χ2v) is 13.8. The summed E-state index contributed by atoms with van der Waals surface area (Å²) in [5.41, 5.74) is 5.77. The first-order chi connectivity index (χ1) is 21.4. The predicted octanol–water partition coefficient (Wildman–Crippen LogP) is 6.28. The van der Waals surface area contributed by atoms with E-state index in [0.717, 1.165) is 33.4 Å². The number of rotatable bonds is 12. The molecule has 0 bridgehead atoms. The fourth-order valence-corrected chi connectivity index (χ4v) is 6.82. The van der Waals surface area contributed by atoms with Crippen LogP contribution in [0.3, 0.4) is 0 Å². The highest BCUT2D eigenvalue weighted by molar-refractivity contribution is 7.92. The number of carbonyl (C=O) groups excluding carboxylic acids is 2. The molecule has 4 aromatic rings. The molecule has 1 N–H and O–H groups in total. The van der Waals surface area contributed by atoms with E-state index in [1.54, 1.807) is 30.3 Å². The Morgan fingerprint density at radius 3 is 2.00 bits per heavy atom. The van der Waals surface area contributed by atoms with Crippen LogP contribution in [-0.4, -0.2) is 43.8 Å². The van der Waals surface area contributed by atoms with Crippen LogP contribution in [0.15, 0.2) is 102 Å². The van der Waals surface area contributed by atoms with E-state index in [1.165, 1.54) is 9.21 Å². The third-order valence-electron chi connectivity index (χ3n) is 7.81. The van der Waals surface area contributed by atoms with Crippen LogP contribution < -0.4 is 9.62 Å². The minimum absolute atomic E-state index is 0.0877. The molecule has 0 aliphatic rings. The summed E-state index contributed by atoms with van der Waals surface area (Å²) < 4.78 is 29.7. The molecule has 4 rings (SSSR count). The van der Waals surface area contributed by atoms with Crippen LogP contribution in [0.4, 0.5) is 5.69 Å². The zero-order valence-electron chi connectivity index (χ0n) is 26.9. The fraction of sp³-hybridized carbons (Fsp3) is 0.297. The number of hydrogen-bond acceptors (Lipinski definition) is 4. The van der Waals surface area contributed by atoms with Crippen molar-refractivity contribution in [1.29, 1.82) is 0 Å². The van der Waals surface area contributed by atoms with Crippen molar-refractivity contribution in [3.8, 4) is 0 Å². The highest BCUT2D eigenvalue weighted by Gasteiger charge is 2.35. The molecule has 0 fully saturated rings. The summed E-state index contributed by atoms with van der Waals surface area (Å²) in [7, 11) is -4.15. The number of sulfonamides is 1. The van der Waals surface area contributed by atoms with Gasteiger partial charge in [-0.15, -0.1) is 0 Å². The first-order valence-electron chi connectivity index (χ1n) is 15.2. The van der Waals surface area contributed by atoms with Crippen LogP contribution in [0.2, 0.25) is 0 Å². The molecule has 0 spiro atoms. The van der Waals surface area contributed by atoms with Crippen LogP contribution in [0, 0.1) is 27.7 Å². The molecule has 0 radical (unpaired) electrons. The maximum atomic E-state index is 14.6. The van der Waals surface area contributed by atoms with E-state index < -0.39 is 28.5 Å². The van der Waals surface area contributed by atoms with Gasteiger partial charge in [-0.25, -0.2) is 8.42 Å². The molecular formula is C37H43N3O4S. The Bertz CT molecular complexity index is 1740. The van der Waals surface area contributed by atoms with Crippen LogP contribution in [0.1, 0.15) is 47.2 Å². The maximum Gasteiger partial charge on any atom is 0.264 e. The lowest BCUT2D eigenvalue weighted by atomic mass is 10.0. The summed E-state index contributed by atoms with van der Waals surface area (Å²) in [4.78, 5) is 30.1. The summed E-state index contributed by atoms with van der Waals surface area (Å²) in [5.74, 6) is -0.774. The molecule has 8 heteroatoms. The van der Waals surface area contributed by atoms with Crippen molar-refractivity contribution in [1.82, 2.24) is 10.2 Å². The molecule has 0 aliphatic carbocycles. The summed E-state index contributed by atoms with van der Waals surface area (Å²) in [6, 6.07) is 28.3. The zero-order valence-corrected chi connectivity index (χ0v) is 27.8. The number of carbonyl (C=O) groups is 2. The van der Waals surface area contributed by atoms with E-state index >= 15 is 0 Å². The number of aryl methyl sites for hydroxylation is 4. The number of anilines is 1. The summed E-state index contributed by atoms with van der Waals surface area (Å²) in [6.07, 6.45) is 0.269. The largest absolute Gasteiger partial charge is 0.352 e. The van der Waals surface area contributed by atoms with Gasteiger partial charge < -0.3 is 10.2 Å². The van der Waals surface area contributed by atoms with Gasteiger partial charge in [0.25, 0.3) is 10.0 Å². The van der Waals surface area contributed by atoms with Gasteiger partial charge in [-0.3, -0.25) is 13.9 Å². The number of nitrogens with zero attached hydrogens (tertiary/aromatic N) is 2. The minimum Gasteiger partial charge on any atom is -0.352 e. The van der Waals surface area contributed by atoms with Crippen molar-refractivity contribution in [3.05, 3.63) is 130 Å². The Labute approximate surface area is 268 Å². The maximum absolute atomic E-state index is 14.6. The van der Waals surface area contributed by atoms with Gasteiger partial charge >= 0.3 is 0 Å². The molecule has 0 saturated carbocycles. The second kappa shape index (κ2) is 14.6. The van der Waals surface area contributed by atoms with E-state index in [0.29, 0.717) is 5.69 Å². The SMILES string of the molecule is Cc1ccc(S(=O)(=O)N(CC(=O)N(Cc2ccccc2C)[C@H](Cc2ccccc2)C(=O)NC(C)C)c2ccc(C)cc2C)cc1. The average Bonchev–Trinajstić information content (AvgIpc) is 2.99. The zero-order chi connectivity index (χ0) is 32.7. The van der Waals surface area contributed by atoms with Gasteiger partial charge in [0.15, 0.2) is 0 Å². The normalized spacial score (nSPS) is 12.1. The van der Waals surface area contributed by atoms with E-state index in [2.05, 4.69) is 5.32 Å². The Kier molecular flexibility index (Phi) is 10.8. The Balaban J connectivity index is 1.84. The van der Waals surface area contributed by atoms with Crippen molar-refractivity contribution in [3.63, 3.8) is 0 Å². The van der Waals surface area contributed by atoms with Crippen molar-refractivity contribution in [2.75, 3.05) is 10.8 Å².